The Bertz CT molecular complexity index is 719. The van der Waals surface area contributed by atoms with Crippen LogP contribution < -0.4 is 5.32 Å². The van der Waals surface area contributed by atoms with Crippen molar-refractivity contribution in [3.63, 3.8) is 0 Å². The van der Waals surface area contributed by atoms with Crippen molar-refractivity contribution in [3.8, 4) is 0 Å². The van der Waals surface area contributed by atoms with Crippen molar-refractivity contribution in [2.45, 2.75) is 26.7 Å². The van der Waals surface area contributed by atoms with Gasteiger partial charge in [0.25, 0.3) is 5.91 Å². The maximum absolute atomic E-state index is 12.8. The van der Waals surface area contributed by atoms with Gasteiger partial charge in [-0.2, -0.15) is 5.10 Å². The number of anilines is 1. The van der Waals surface area contributed by atoms with Crippen LogP contribution in [0.25, 0.3) is 0 Å². The summed E-state index contributed by atoms with van der Waals surface area (Å²) >= 11 is 0. The fraction of sp³-hybridized carbons (Fsp3) is 0.389. The molecule has 1 unspecified atom stereocenters. The summed E-state index contributed by atoms with van der Waals surface area (Å²) in [6.07, 6.45) is 4.83. The lowest BCUT2D eigenvalue weighted by molar-refractivity contribution is -0.121. The first-order valence-electron chi connectivity index (χ1n) is 8.20. The molecule has 0 saturated carbocycles. The second kappa shape index (κ2) is 6.86. The van der Waals surface area contributed by atoms with Crippen LogP contribution in [0, 0.1) is 19.8 Å². The molecular weight excluding hydrogens is 304 g/mol. The van der Waals surface area contributed by atoms with Crippen molar-refractivity contribution < 1.29 is 9.59 Å². The summed E-state index contributed by atoms with van der Waals surface area (Å²) in [4.78, 5) is 26.9. The van der Waals surface area contributed by atoms with Gasteiger partial charge in [0.1, 0.15) is 0 Å². The van der Waals surface area contributed by atoms with Gasteiger partial charge < -0.3 is 10.2 Å². The number of amides is 2. The van der Waals surface area contributed by atoms with Crippen LogP contribution in [0.5, 0.6) is 0 Å². The molecule has 24 heavy (non-hydrogen) atoms. The van der Waals surface area contributed by atoms with Crippen LogP contribution in [-0.2, 0) is 4.79 Å². The summed E-state index contributed by atoms with van der Waals surface area (Å²) < 4.78 is 0. The zero-order chi connectivity index (χ0) is 17.1. The third-order valence-electron chi connectivity index (χ3n) is 4.31. The van der Waals surface area contributed by atoms with E-state index in [9.17, 15) is 9.59 Å². The van der Waals surface area contributed by atoms with Gasteiger partial charge in [0, 0.05) is 24.8 Å². The van der Waals surface area contributed by atoms with Gasteiger partial charge in [-0.3, -0.25) is 14.7 Å². The van der Waals surface area contributed by atoms with Crippen molar-refractivity contribution in [1.29, 1.82) is 0 Å². The molecule has 0 spiro atoms. The maximum Gasteiger partial charge on any atom is 0.253 e. The fourth-order valence-electron chi connectivity index (χ4n) is 3.22. The van der Waals surface area contributed by atoms with Crippen LogP contribution in [0.15, 0.2) is 30.6 Å². The highest BCUT2D eigenvalue weighted by atomic mass is 16.2. The minimum atomic E-state index is -0.191. The minimum Gasteiger partial charge on any atom is -0.338 e. The van der Waals surface area contributed by atoms with E-state index in [1.54, 1.807) is 17.3 Å². The van der Waals surface area contributed by atoms with E-state index in [1.807, 2.05) is 32.0 Å². The smallest absolute Gasteiger partial charge is 0.253 e. The zero-order valence-corrected chi connectivity index (χ0v) is 14.0. The van der Waals surface area contributed by atoms with Gasteiger partial charge in [-0.15, -0.1) is 0 Å². The molecule has 3 rings (SSSR count). The molecule has 6 heteroatoms. The van der Waals surface area contributed by atoms with Gasteiger partial charge in [-0.25, -0.2) is 0 Å². The standard InChI is InChI=1S/C18H22N4O2/c1-12-6-13(2)8-15(7-12)18(24)22-5-3-4-14(11-22)17(23)21-16-9-19-20-10-16/h6-10,14H,3-5,11H2,1-2H3,(H,19,20)(H,21,23). The molecule has 2 aromatic rings. The number of aryl methyl sites for hydroxylation is 2. The van der Waals surface area contributed by atoms with Crippen LogP contribution in [0.1, 0.15) is 34.3 Å². The number of hydrogen-bond donors (Lipinski definition) is 2. The number of carbonyl (C=O) groups excluding carboxylic acids is 2. The number of H-pyrrole nitrogens is 1. The molecule has 0 radical (unpaired) electrons. The molecule has 1 aliphatic heterocycles. The summed E-state index contributed by atoms with van der Waals surface area (Å²) in [6, 6.07) is 5.86. The predicted molar refractivity (Wildman–Crippen MR) is 91.8 cm³/mol. The van der Waals surface area contributed by atoms with Gasteiger partial charge in [-0.1, -0.05) is 17.2 Å². The lowest BCUT2D eigenvalue weighted by Gasteiger charge is -2.32. The Morgan fingerprint density at radius 3 is 2.67 bits per heavy atom. The molecule has 1 aromatic heterocycles. The number of nitrogens with zero attached hydrogens (tertiary/aromatic N) is 2. The van der Waals surface area contributed by atoms with E-state index in [4.69, 9.17) is 0 Å². The Labute approximate surface area is 141 Å². The van der Waals surface area contributed by atoms with Crippen molar-refractivity contribution in [2.75, 3.05) is 18.4 Å². The predicted octanol–water partition coefficient (Wildman–Crippen LogP) is 2.52. The fourth-order valence-corrected chi connectivity index (χ4v) is 3.22. The molecule has 1 fully saturated rings. The van der Waals surface area contributed by atoms with Crippen LogP contribution in [-0.4, -0.2) is 40.0 Å². The summed E-state index contributed by atoms with van der Waals surface area (Å²) in [7, 11) is 0. The summed E-state index contributed by atoms with van der Waals surface area (Å²) in [5.74, 6) is -0.250. The number of aromatic nitrogens is 2. The third-order valence-corrected chi connectivity index (χ3v) is 4.31. The Morgan fingerprint density at radius 1 is 1.25 bits per heavy atom. The topological polar surface area (TPSA) is 78.1 Å². The highest BCUT2D eigenvalue weighted by molar-refractivity contribution is 5.96. The average molecular weight is 326 g/mol. The van der Waals surface area contributed by atoms with Gasteiger partial charge in [-0.05, 0) is 38.8 Å². The van der Waals surface area contributed by atoms with E-state index in [0.29, 0.717) is 24.3 Å². The Kier molecular flexibility index (Phi) is 4.64. The Balaban J connectivity index is 1.68. The second-order valence-electron chi connectivity index (χ2n) is 6.44. The summed E-state index contributed by atoms with van der Waals surface area (Å²) in [5, 5.41) is 9.32. The molecule has 1 saturated heterocycles. The SMILES string of the molecule is Cc1cc(C)cc(C(=O)N2CCCC(C(=O)Nc3cn[nH]c3)C2)c1. The molecule has 1 aromatic carbocycles. The lowest BCUT2D eigenvalue weighted by Crippen LogP contribution is -2.43. The highest BCUT2D eigenvalue weighted by Crippen LogP contribution is 2.21. The number of likely N-dealkylation sites (tertiary alicyclic amines) is 1. The average Bonchev–Trinajstić information content (AvgIpc) is 3.06. The minimum absolute atomic E-state index is 0.00242. The van der Waals surface area contributed by atoms with Crippen molar-refractivity contribution in [3.05, 3.63) is 47.3 Å². The number of nitrogens with one attached hydrogen (secondary N) is 2. The van der Waals surface area contributed by atoms with Gasteiger partial charge in [0.2, 0.25) is 5.91 Å². The van der Waals surface area contributed by atoms with Gasteiger partial charge >= 0.3 is 0 Å². The number of carbonyl (C=O) groups is 2. The molecular formula is C18H22N4O2. The molecule has 2 heterocycles. The third kappa shape index (κ3) is 3.64. The van der Waals surface area contributed by atoms with E-state index >= 15 is 0 Å². The Morgan fingerprint density at radius 2 is 2.00 bits per heavy atom. The first kappa shape index (κ1) is 16.2. The molecule has 0 aliphatic carbocycles. The van der Waals surface area contributed by atoms with Crippen LogP contribution >= 0.6 is 0 Å². The largest absolute Gasteiger partial charge is 0.338 e. The van der Waals surface area contributed by atoms with Crippen LogP contribution in [0.4, 0.5) is 5.69 Å². The molecule has 0 bridgehead atoms. The first-order chi connectivity index (χ1) is 11.5. The maximum atomic E-state index is 12.8. The molecule has 2 N–H and O–H groups in total. The molecule has 1 atom stereocenters. The number of rotatable bonds is 3. The van der Waals surface area contributed by atoms with E-state index in [-0.39, 0.29) is 17.7 Å². The van der Waals surface area contributed by atoms with Gasteiger partial charge in [0.05, 0.1) is 17.8 Å². The Hall–Kier alpha value is -2.63. The van der Waals surface area contributed by atoms with E-state index in [1.165, 1.54) is 0 Å². The summed E-state index contributed by atoms with van der Waals surface area (Å²) in [6.45, 7) is 5.12. The van der Waals surface area contributed by atoms with Crippen molar-refractivity contribution >= 4 is 17.5 Å². The van der Waals surface area contributed by atoms with Crippen LogP contribution in [0.3, 0.4) is 0 Å². The second-order valence-corrected chi connectivity index (χ2v) is 6.44. The lowest BCUT2D eigenvalue weighted by atomic mass is 9.96. The number of benzene rings is 1. The first-order valence-corrected chi connectivity index (χ1v) is 8.20. The molecule has 1 aliphatic rings. The normalized spacial score (nSPS) is 17.6. The molecule has 6 nitrogen and oxygen atoms in total. The van der Waals surface area contributed by atoms with Crippen LogP contribution in [0.2, 0.25) is 0 Å². The highest BCUT2D eigenvalue weighted by Gasteiger charge is 2.29. The molecule has 2 amide bonds. The van der Waals surface area contributed by atoms with E-state index < -0.39 is 0 Å². The number of aromatic amines is 1. The zero-order valence-electron chi connectivity index (χ0n) is 14.0. The quantitative estimate of drug-likeness (QED) is 0.910. The van der Waals surface area contributed by atoms with E-state index in [0.717, 1.165) is 24.0 Å². The molecule has 126 valence electrons. The van der Waals surface area contributed by atoms with Crippen molar-refractivity contribution in [1.82, 2.24) is 15.1 Å². The summed E-state index contributed by atoms with van der Waals surface area (Å²) in [5.41, 5.74) is 3.50. The number of piperidine rings is 1. The monoisotopic (exact) mass is 326 g/mol. The number of hydrogen-bond acceptors (Lipinski definition) is 3. The van der Waals surface area contributed by atoms with Gasteiger partial charge in [0.15, 0.2) is 0 Å². The van der Waals surface area contributed by atoms with Crippen molar-refractivity contribution in [2.24, 2.45) is 5.92 Å². The van der Waals surface area contributed by atoms with E-state index in [2.05, 4.69) is 15.5 Å².